The summed E-state index contributed by atoms with van der Waals surface area (Å²) in [5, 5.41) is 7.13. The first-order valence-electron chi connectivity index (χ1n) is 8.63. The Bertz CT molecular complexity index is 709. The predicted octanol–water partition coefficient (Wildman–Crippen LogP) is 0.975. The molecule has 8 heteroatoms. The monoisotopic (exact) mass is 354 g/mol. The standard InChI is InChI=1S/C16H26N4O3S/c1-19-14-8-10-20(24(2,22)23)15(13(14)11-18-19)16(21)17-9-4-7-12-5-3-6-12/h11-12,15H,3-10H2,1-2H3,(H,17,21). The molecule has 1 atom stereocenters. The summed E-state index contributed by atoms with van der Waals surface area (Å²) < 4.78 is 27.2. The van der Waals surface area contributed by atoms with Crippen LogP contribution in [0.15, 0.2) is 6.20 Å². The average Bonchev–Trinajstić information content (AvgIpc) is 2.84. The van der Waals surface area contributed by atoms with Gasteiger partial charge in [0.05, 0.1) is 12.5 Å². The minimum absolute atomic E-state index is 0.247. The lowest BCUT2D eigenvalue weighted by Crippen LogP contribution is -2.47. The number of rotatable bonds is 6. The van der Waals surface area contributed by atoms with Gasteiger partial charge in [-0.1, -0.05) is 19.3 Å². The van der Waals surface area contributed by atoms with E-state index in [9.17, 15) is 13.2 Å². The zero-order chi connectivity index (χ0) is 17.3. The van der Waals surface area contributed by atoms with E-state index >= 15 is 0 Å². The van der Waals surface area contributed by atoms with Crippen LogP contribution >= 0.6 is 0 Å². The molecule has 24 heavy (non-hydrogen) atoms. The van der Waals surface area contributed by atoms with Crippen molar-refractivity contribution in [2.45, 2.75) is 44.6 Å². The number of sulfonamides is 1. The first-order valence-corrected chi connectivity index (χ1v) is 10.5. The smallest absolute Gasteiger partial charge is 0.243 e. The quantitative estimate of drug-likeness (QED) is 0.772. The first-order chi connectivity index (χ1) is 11.4. The summed E-state index contributed by atoms with van der Waals surface area (Å²) in [5.41, 5.74) is 1.63. The summed E-state index contributed by atoms with van der Waals surface area (Å²) in [6.07, 6.45) is 9.36. The van der Waals surface area contributed by atoms with Crippen LogP contribution in [0, 0.1) is 5.92 Å². The number of fused-ring (bicyclic) bond motifs is 1. The number of hydrogen-bond acceptors (Lipinski definition) is 4. The van der Waals surface area contributed by atoms with Crippen LogP contribution in [0.25, 0.3) is 0 Å². The lowest BCUT2D eigenvalue weighted by atomic mass is 9.82. The third-order valence-corrected chi connectivity index (χ3v) is 6.48. The highest BCUT2D eigenvalue weighted by Gasteiger charge is 2.39. The molecular formula is C16H26N4O3S. The van der Waals surface area contributed by atoms with Gasteiger partial charge in [0.25, 0.3) is 0 Å². The lowest BCUT2D eigenvalue weighted by Gasteiger charge is -2.33. The van der Waals surface area contributed by atoms with Gasteiger partial charge in [0.1, 0.15) is 6.04 Å². The van der Waals surface area contributed by atoms with E-state index in [4.69, 9.17) is 0 Å². The van der Waals surface area contributed by atoms with E-state index in [-0.39, 0.29) is 5.91 Å². The van der Waals surface area contributed by atoms with Crippen molar-refractivity contribution < 1.29 is 13.2 Å². The highest BCUT2D eigenvalue weighted by Crippen LogP contribution is 2.32. The summed E-state index contributed by atoms with van der Waals surface area (Å²) in [7, 11) is -1.63. The molecule has 1 unspecified atom stereocenters. The van der Waals surface area contributed by atoms with Crippen LogP contribution in [0.1, 0.15) is 49.4 Å². The van der Waals surface area contributed by atoms with E-state index in [0.717, 1.165) is 30.7 Å². The molecule has 3 rings (SSSR count). The van der Waals surface area contributed by atoms with Crippen molar-refractivity contribution >= 4 is 15.9 Å². The molecule has 1 aromatic rings. The Balaban J connectivity index is 1.69. The Morgan fingerprint density at radius 1 is 1.42 bits per heavy atom. The van der Waals surface area contributed by atoms with Gasteiger partial charge in [-0.15, -0.1) is 0 Å². The van der Waals surface area contributed by atoms with Gasteiger partial charge in [-0.2, -0.15) is 9.40 Å². The molecule has 1 fully saturated rings. The molecule has 1 aromatic heterocycles. The van der Waals surface area contributed by atoms with Gasteiger partial charge in [-0.25, -0.2) is 8.42 Å². The number of aromatic nitrogens is 2. The van der Waals surface area contributed by atoms with Crippen LogP contribution in [0.2, 0.25) is 0 Å². The van der Waals surface area contributed by atoms with Gasteiger partial charge in [0.15, 0.2) is 0 Å². The molecule has 0 bridgehead atoms. The number of carbonyl (C=O) groups is 1. The molecule has 1 aliphatic heterocycles. The van der Waals surface area contributed by atoms with Crippen LogP contribution < -0.4 is 5.32 Å². The van der Waals surface area contributed by atoms with Crippen molar-refractivity contribution in [3.8, 4) is 0 Å². The Hall–Kier alpha value is -1.41. The largest absolute Gasteiger partial charge is 0.354 e. The topological polar surface area (TPSA) is 84.3 Å². The van der Waals surface area contributed by atoms with Crippen LogP contribution in [-0.2, 0) is 28.3 Å². The van der Waals surface area contributed by atoms with Gasteiger partial charge in [-0.05, 0) is 18.8 Å². The number of hydrogen-bond donors (Lipinski definition) is 1. The number of carbonyl (C=O) groups excluding carboxylic acids is 1. The maximum absolute atomic E-state index is 12.7. The van der Waals surface area contributed by atoms with Gasteiger partial charge >= 0.3 is 0 Å². The summed E-state index contributed by atoms with van der Waals surface area (Å²) in [4.78, 5) is 12.7. The minimum atomic E-state index is -3.46. The molecule has 1 aliphatic carbocycles. The third-order valence-electron chi connectivity index (χ3n) is 5.23. The first kappa shape index (κ1) is 17.4. The van der Waals surface area contributed by atoms with Crippen LogP contribution in [0.5, 0.6) is 0 Å². The number of nitrogens with one attached hydrogen (secondary N) is 1. The molecule has 0 spiro atoms. The van der Waals surface area contributed by atoms with Crippen molar-refractivity contribution in [2.24, 2.45) is 13.0 Å². The minimum Gasteiger partial charge on any atom is -0.354 e. The molecule has 2 aliphatic rings. The van der Waals surface area contributed by atoms with Crippen LogP contribution in [0.4, 0.5) is 0 Å². The fourth-order valence-electron chi connectivity index (χ4n) is 3.62. The zero-order valence-electron chi connectivity index (χ0n) is 14.4. The molecule has 0 aromatic carbocycles. The maximum Gasteiger partial charge on any atom is 0.243 e. The fraction of sp³-hybridized carbons (Fsp3) is 0.750. The number of nitrogens with zero attached hydrogens (tertiary/aromatic N) is 3. The van der Waals surface area contributed by atoms with Crippen molar-refractivity contribution in [2.75, 3.05) is 19.3 Å². The number of aryl methyl sites for hydroxylation is 1. The average molecular weight is 354 g/mol. The summed E-state index contributed by atoms with van der Waals surface area (Å²) >= 11 is 0. The summed E-state index contributed by atoms with van der Waals surface area (Å²) in [6, 6.07) is -0.804. The van der Waals surface area contributed by atoms with Crippen molar-refractivity contribution in [1.82, 2.24) is 19.4 Å². The normalized spacial score (nSPS) is 22.0. The van der Waals surface area contributed by atoms with E-state index in [1.165, 1.54) is 23.6 Å². The predicted molar refractivity (Wildman–Crippen MR) is 90.8 cm³/mol. The summed E-state index contributed by atoms with van der Waals surface area (Å²) in [6.45, 7) is 0.907. The Morgan fingerprint density at radius 3 is 2.79 bits per heavy atom. The molecule has 134 valence electrons. The fourth-order valence-corrected chi connectivity index (χ4v) is 4.64. The molecular weight excluding hydrogens is 328 g/mol. The van der Waals surface area contributed by atoms with E-state index in [2.05, 4.69) is 10.4 Å². The van der Waals surface area contributed by atoms with Crippen molar-refractivity contribution in [3.63, 3.8) is 0 Å². The molecule has 2 heterocycles. The maximum atomic E-state index is 12.7. The van der Waals surface area contributed by atoms with Crippen molar-refractivity contribution in [3.05, 3.63) is 17.5 Å². The molecule has 1 saturated carbocycles. The van der Waals surface area contributed by atoms with Gasteiger partial charge in [0.2, 0.25) is 15.9 Å². The second-order valence-electron chi connectivity index (χ2n) is 6.93. The highest BCUT2D eigenvalue weighted by molar-refractivity contribution is 7.88. The van der Waals surface area contributed by atoms with Crippen LogP contribution in [0.3, 0.4) is 0 Å². The van der Waals surface area contributed by atoms with E-state index in [0.29, 0.717) is 25.1 Å². The van der Waals surface area contributed by atoms with E-state index in [1.807, 2.05) is 7.05 Å². The summed E-state index contributed by atoms with van der Waals surface area (Å²) in [5.74, 6) is 0.567. The van der Waals surface area contributed by atoms with Gasteiger partial charge in [-0.3, -0.25) is 9.48 Å². The molecule has 7 nitrogen and oxygen atoms in total. The second-order valence-corrected chi connectivity index (χ2v) is 8.86. The number of amides is 1. The van der Waals surface area contributed by atoms with Gasteiger partial charge < -0.3 is 5.32 Å². The Kier molecular flexibility index (Phi) is 4.96. The van der Waals surface area contributed by atoms with Crippen LogP contribution in [-0.4, -0.2) is 47.8 Å². The van der Waals surface area contributed by atoms with E-state index in [1.54, 1.807) is 10.9 Å². The SMILES string of the molecule is Cn1ncc2c1CCN(S(C)(=O)=O)C2C(=O)NCCCC1CCC1. The Labute approximate surface area is 143 Å². The molecule has 1 N–H and O–H groups in total. The second kappa shape index (κ2) is 6.84. The highest BCUT2D eigenvalue weighted by atomic mass is 32.2. The lowest BCUT2D eigenvalue weighted by molar-refractivity contribution is -0.125. The zero-order valence-corrected chi connectivity index (χ0v) is 15.2. The third kappa shape index (κ3) is 3.49. The van der Waals surface area contributed by atoms with Crippen molar-refractivity contribution in [1.29, 1.82) is 0 Å². The molecule has 0 radical (unpaired) electrons. The van der Waals surface area contributed by atoms with E-state index < -0.39 is 16.1 Å². The molecule has 1 amide bonds. The Morgan fingerprint density at radius 2 is 2.17 bits per heavy atom. The molecule has 0 saturated heterocycles. The van der Waals surface area contributed by atoms with Gasteiger partial charge in [0, 0.05) is 37.8 Å².